The lowest BCUT2D eigenvalue weighted by Crippen LogP contribution is -2.31. The number of ketones is 1. The lowest BCUT2D eigenvalue weighted by Gasteiger charge is -2.26. The summed E-state index contributed by atoms with van der Waals surface area (Å²) in [6.07, 6.45) is 6.16. The van der Waals surface area contributed by atoms with Gasteiger partial charge in [0.25, 0.3) is 5.91 Å². The van der Waals surface area contributed by atoms with Gasteiger partial charge >= 0.3 is 0 Å². The molecule has 3 N–H and O–H groups in total. The van der Waals surface area contributed by atoms with E-state index in [1.807, 2.05) is 54.6 Å². The number of hydrogen-bond acceptors (Lipinski definition) is 6. The minimum atomic E-state index is -0.228. The Morgan fingerprint density at radius 2 is 1.66 bits per heavy atom. The Labute approximate surface area is 224 Å². The van der Waals surface area contributed by atoms with Gasteiger partial charge in [0.1, 0.15) is 5.75 Å². The zero-order valence-corrected chi connectivity index (χ0v) is 22.0. The fraction of sp³-hybridized carbons (Fsp3) is 0.355. The highest BCUT2D eigenvalue weighted by Gasteiger charge is 2.27. The van der Waals surface area contributed by atoms with E-state index >= 15 is 0 Å². The number of piperidine rings is 1. The van der Waals surface area contributed by atoms with Crippen LogP contribution >= 0.6 is 0 Å². The van der Waals surface area contributed by atoms with Crippen LogP contribution in [0.25, 0.3) is 0 Å². The summed E-state index contributed by atoms with van der Waals surface area (Å²) in [6, 6.07) is 18.9. The molecule has 7 heteroatoms. The first-order valence-electron chi connectivity index (χ1n) is 13.6. The number of nitrogens with zero attached hydrogens (tertiary/aromatic N) is 1. The molecule has 2 aliphatic rings. The van der Waals surface area contributed by atoms with Gasteiger partial charge in [0.15, 0.2) is 5.78 Å². The van der Waals surface area contributed by atoms with Crippen LogP contribution in [-0.2, 0) is 6.42 Å². The molecule has 3 aromatic rings. The number of ether oxygens (including phenoxy) is 1. The highest BCUT2D eigenvalue weighted by molar-refractivity contribution is 6.12. The third-order valence-corrected chi connectivity index (χ3v) is 7.39. The van der Waals surface area contributed by atoms with Gasteiger partial charge in [-0.05, 0) is 99.4 Å². The highest BCUT2D eigenvalue weighted by atomic mass is 16.5. The van der Waals surface area contributed by atoms with Crippen molar-refractivity contribution in [3.05, 3.63) is 77.4 Å². The van der Waals surface area contributed by atoms with Gasteiger partial charge in [0, 0.05) is 35.5 Å². The number of nitrogens with one attached hydrogen (secondary N) is 3. The number of fused-ring (bicyclic) bond motifs is 1. The van der Waals surface area contributed by atoms with Crippen molar-refractivity contribution < 1.29 is 14.3 Å². The van der Waals surface area contributed by atoms with Gasteiger partial charge in [0.05, 0.1) is 18.5 Å². The van der Waals surface area contributed by atoms with Crippen LogP contribution in [-0.4, -0.2) is 49.9 Å². The zero-order valence-electron chi connectivity index (χ0n) is 22.0. The summed E-state index contributed by atoms with van der Waals surface area (Å²) in [6.45, 7) is 4.48. The Morgan fingerprint density at radius 3 is 2.45 bits per heavy atom. The number of Topliss-reactive ketones (excluding diaryl/α,β-unsaturated/α-hetero) is 1. The van der Waals surface area contributed by atoms with Gasteiger partial charge in [-0.1, -0.05) is 18.6 Å². The summed E-state index contributed by atoms with van der Waals surface area (Å²) in [7, 11) is 1.63. The number of anilines is 4. The number of rotatable bonds is 10. The summed E-state index contributed by atoms with van der Waals surface area (Å²) in [4.78, 5) is 28.4. The van der Waals surface area contributed by atoms with E-state index in [9.17, 15) is 9.59 Å². The van der Waals surface area contributed by atoms with E-state index in [0.29, 0.717) is 29.7 Å². The molecular formula is C31H36N4O3. The number of hydrogen-bond donors (Lipinski definition) is 3. The van der Waals surface area contributed by atoms with Crippen LogP contribution in [0.4, 0.5) is 22.7 Å². The molecule has 1 saturated heterocycles. The molecular weight excluding hydrogens is 476 g/mol. The number of carbonyl (C=O) groups excluding carboxylic acids is 2. The van der Waals surface area contributed by atoms with E-state index < -0.39 is 0 Å². The van der Waals surface area contributed by atoms with Crippen molar-refractivity contribution in [3.63, 3.8) is 0 Å². The van der Waals surface area contributed by atoms with Gasteiger partial charge < -0.3 is 25.6 Å². The van der Waals surface area contributed by atoms with Crippen LogP contribution in [0.15, 0.2) is 60.7 Å². The first-order chi connectivity index (χ1) is 18.6. The molecule has 0 unspecified atom stereocenters. The van der Waals surface area contributed by atoms with Crippen LogP contribution < -0.4 is 20.7 Å². The third kappa shape index (κ3) is 6.00. The predicted molar refractivity (Wildman–Crippen MR) is 153 cm³/mol. The molecule has 1 amide bonds. The summed E-state index contributed by atoms with van der Waals surface area (Å²) < 4.78 is 5.45. The molecule has 7 nitrogen and oxygen atoms in total. The quantitative estimate of drug-likeness (QED) is 0.285. The van der Waals surface area contributed by atoms with Crippen LogP contribution in [0.5, 0.6) is 5.75 Å². The molecule has 1 aliphatic carbocycles. The molecule has 1 aliphatic heterocycles. The van der Waals surface area contributed by atoms with E-state index in [-0.39, 0.29) is 11.7 Å². The fourth-order valence-corrected chi connectivity index (χ4v) is 5.36. The van der Waals surface area contributed by atoms with Crippen LogP contribution in [0.1, 0.15) is 58.4 Å². The van der Waals surface area contributed by atoms with Crippen LogP contribution in [0.2, 0.25) is 0 Å². The maximum Gasteiger partial charge on any atom is 0.255 e. The van der Waals surface area contributed by atoms with Crippen LogP contribution in [0.3, 0.4) is 0 Å². The summed E-state index contributed by atoms with van der Waals surface area (Å²) in [5.74, 6) is 0.542. The Hall–Kier alpha value is -3.84. The molecule has 5 rings (SSSR count). The Balaban J connectivity index is 1.21. The predicted octanol–water partition coefficient (Wildman–Crippen LogP) is 6.11. The van der Waals surface area contributed by atoms with Crippen molar-refractivity contribution in [2.45, 2.75) is 38.5 Å². The summed E-state index contributed by atoms with van der Waals surface area (Å²) in [5, 5.41) is 9.83. The molecule has 0 atom stereocenters. The second-order valence-corrected chi connectivity index (χ2v) is 9.98. The van der Waals surface area contributed by atoms with Crippen molar-refractivity contribution in [1.29, 1.82) is 0 Å². The molecule has 0 saturated carbocycles. The molecule has 0 radical (unpaired) electrons. The maximum atomic E-state index is 13.0. The molecule has 198 valence electrons. The van der Waals surface area contributed by atoms with Crippen molar-refractivity contribution in [1.82, 2.24) is 4.90 Å². The number of carbonyl (C=O) groups is 2. The number of methoxy groups -OCH3 is 1. The molecule has 1 heterocycles. The topological polar surface area (TPSA) is 82.7 Å². The minimum absolute atomic E-state index is 0.0445. The van der Waals surface area contributed by atoms with E-state index in [1.54, 1.807) is 13.2 Å². The molecule has 38 heavy (non-hydrogen) atoms. The van der Waals surface area contributed by atoms with E-state index in [4.69, 9.17) is 4.74 Å². The van der Waals surface area contributed by atoms with E-state index in [2.05, 4.69) is 20.9 Å². The normalized spacial score (nSPS) is 15.1. The first-order valence-corrected chi connectivity index (χ1v) is 13.6. The number of para-hydroxylation sites is 2. The molecule has 0 spiro atoms. The lowest BCUT2D eigenvalue weighted by molar-refractivity contribution is 0.0995. The average molecular weight is 513 g/mol. The van der Waals surface area contributed by atoms with Gasteiger partial charge in [0.2, 0.25) is 0 Å². The third-order valence-electron chi connectivity index (χ3n) is 7.39. The van der Waals surface area contributed by atoms with Gasteiger partial charge in [-0.25, -0.2) is 0 Å². The Morgan fingerprint density at radius 1 is 0.895 bits per heavy atom. The van der Waals surface area contributed by atoms with E-state index in [0.717, 1.165) is 47.9 Å². The second kappa shape index (κ2) is 12.1. The van der Waals surface area contributed by atoms with Gasteiger partial charge in [-0.2, -0.15) is 0 Å². The van der Waals surface area contributed by atoms with Crippen molar-refractivity contribution in [2.75, 3.05) is 49.2 Å². The van der Waals surface area contributed by atoms with Gasteiger partial charge in [-0.15, -0.1) is 0 Å². The van der Waals surface area contributed by atoms with E-state index in [1.165, 1.54) is 32.4 Å². The highest BCUT2D eigenvalue weighted by Crippen LogP contribution is 2.37. The van der Waals surface area contributed by atoms with Crippen molar-refractivity contribution in [2.24, 2.45) is 0 Å². The standard InChI is InChI=1S/C31H36N4O3/c1-38-29-9-4-3-8-26(29)33-25-15-16-27(30-24(25)14-17-28(30)36)34-31(37)22-10-12-23(13-11-22)32-18-7-21-35-19-5-2-6-20-35/h3-4,8-13,15-16,32-33H,2,5-7,14,17-21H2,1H3,(H,34,37). The monoisotopic (exact) mass is 512 g/mol. The first kappa shape index (κ1) is 25.8. The smallest absolute Gasteiger partial charge is 0.255 e. The Bertz CT molecular complexity index is 1280. The number of benzene rings is 3. The Kier molecular flexibility index (Phi) is 8.24. The average Bonchev–Trinajstić information content (AvgIpc) is 3.35. The second-order valence-electron chi connectivity index (χ2n) is 9.98. The lowest BCUT2D eigenvalue weighted by atomic mass is 10.0. The molecule has 1 fully saturated rings. The van der Waals surface area contributed by atoms with Crippen LogP contribution in [0, 0.1) is 0 Å². The number of likely N-dealkylation sites (tertiary alicyclic amines) is 1. The fourth-order valence-electron chi connectivity index (χ4n) is 5.36. The molecule has 3 aromatic carbocycles. The minimum Gasteiger partial charge on any atom is -0.495 e. The number of amides is 1. The van der Waals surface area contributed by atoms with Crippen molar-refractivity contribution >= 4 is 34.4 Å². The molecule has 0 aromatic heterocycles. The largest absolute Gasteiger partial charge is 0.495 e. The van der Waals surface area contributed by atoms with Crippen molar-refractivity contribution in [3.8, 4) is 5.75 Å². The maximum absolute atomic E-state index is 13.0. The summed E-state index contributed by atoms with van der Waals surface area (Å²) in [5.41, 5.74) is 5.30. The SMILES string of the molecule is COc1ccccc1Nc1ccc(NC(=O)c2ccc(NCCCN3CCCCC3)cc2)c2c1CCC2=O. The zero-order chi connectivity index (χ0) is 26.3. The molecule has 0 bridgehead atoms. The van der Waals surface area contributed by atoms with Gasteiger partial charge in [-0.3, -0.25) is 9.59 Å². The summed E-state index contributed by atoms with van der Waals surface area (Å²) >= 11 is 0.